The van der Waals surface area contributed by atoms with Gasteiger partial charge in [0.2, 0.25) is 0 Å². The average molecular weight is 296 g/mol. The van der Waals surface area contributed by atoms with E-state index in [0.29, 0.717) is 6.04 Å². The van der Waals surface area contributed by atoms with E-state index in [0.717, 1.165) is 58.5 Å². The highest BCUT2D eigenvalue weighted by atomic mass is 32.1. The molecule has 0 bridgehead atoms. The van der Waals surface area contributed by atoms with Gasteiger partial charge in [0, 0.05) is 37.8 Å². The number of nitrogens with zero attached hydrogens (tertiary/aromatic N) is 1. The predicted molar refractivity (Wildman–Crippen MR) is 80.1 cm³/mol. The summed E-state index contributed by atoms with van der Waals surface area (Å²) in [6.07, 6.45) is 5.33. The number of thiazole rings is 1. The van der Waals surface area contributed by atoms with Crippen molar-refractivity contribution < 1.29 is 9.47 Å². The standard InChI is InChI=1S/C15H24N2O2S/c1-2-12-11-20-14(17-12)10-16-13-3-6-19-15(9-13)4-7-18-8-5-15/h11,13,16H,2-10H2,1H3. The van der Waals surface area contributed by atoms with Crippen LogP contribution in [0.1, 0.15) is 43.3 Å². The lowest BCUT2D eigenvalue weighted by Crippen LogP contribution is -2.49. The summed E-state index contributed by atoms with van der Waals surface area (Å²) in [5.41, 5.74) is 1.28. The maximum absolute atomic E-state index is 6.08. The maximum Gasteiger partial charge on any atom is 0.107 e. The molecule has 2 fully saturated rings. The minimum atomic E-state index is 0.0750. The topological polar surface area (TPSA) is 43.4 Å². The zero-order chi connectivity index (χ0) is 13.8. The Balaban J connectivity index is 1.52. The van der Waals surface area contributed by atoms with Gasteiger partial charge in [-0.1, -0.05) is 6.92 Å². The van der Waals surface area contributed by atoms with E-state index in [1.165, 1.54) is 10.7 Å². The van der Waals surface area contributed by atoms with E-state index in [4.69, 9.17) is 9.47 Å². The van der Waals surface area contributed by atoms with Gasteiger partial charge in [0.05, 0.1) is 11.3 Å². The molecule has 1 spiro atoms. The molecule has 1 atom stereocenters. The molecule has 2 aliphatic rings. The van der Waals surface area contributed by atoms with Crippen LogP contribution < -0.4 is 5.32 Å². The molecule has 0 radical (unpaired) electrons. The number of aromatic nitrogens is 1. The van der Waals surface area contributed by atoms with Crippen molar-refractivity contribution in [1.29, 1.82) is 0 Å². The van der Waals surface area contributed by atoms with E-state index in [-0.39, 0.29) is 5.60 Å². The Hall–Kier alpha value is -0.490. The monoisotopic (exact) mass is 296 g/mol. The van der Waals surface area contributed by atoms with E-state index in [2.05, 4.69) is 22.6 Å². The van der Waals surface area contributed by atoms with Gasteiger partial charge in [0.25, 0.3) is 0 Å². The Bertz CT molecular complexity index is 424. The van der Waals surface area contributed by atoms with E-state index in [1.54, 1.807) is 11.3 Å². The fourth-order valence-corrected chi connectivity index (χ4v) is 3.95. The van der Waals surface area contributed by atoms with Gasteiger partial charge in [-0.3, -0.25) is 0 Å². The molecule has 3 heterocycles. The molecule has 112 valence electrons. The summed E-state index contributed by atoms with van der Waals surface area (Å²) in [5, 5.41) is 7.04. The molecule has 2 saturated heterocycles. The van der Waals surface area contributed by atoms with Crippen LogP contribution in [0.4, 0.5) is 0 Å². The number of ether oxygens (including phenoxy) is 2. The van der Waals surface area contributed by atoms with Crippen LogP contribution >= 0.6 is 11.3 Å². The van der Waals surface area contributed by atoms with Crippen molar-refractivity contribution in [3.05, 3.63) is 16.1 Å². The van der Waals surface area contributed by atoms with Gasteiger partial charge in [-0.15, -0.1) is 11.3 Å². The summed E-state index contributed by atoms with van der Waals surface area (Å²) in [6.45, 7) is 5.61. The highest BCUT2D eigenvalue weighted by Gasteiger charge is 2.38. The average Bonchev–Trinajstić information content (AvgIpc) is 2.94. The number of nitrogens with one attached hydrogen (secondary N) is 1. The molecule has 1 aromatic rings. The lowest BCUT2D eigenvalue weighted by Gasteiger charge is -2.43. The molecule has 4 nitrogen and oxygen atoms in total. The quantitative estimate of drug-likeness (QED) is 0.927. The molecule has 1 N–H and O–H groups in total. The number of hydrogen-bond donors (Lipinski definition) is 1. The van der Waals surface area contributed by atoms with Crippen molar-refractivity contribution in [2.75, 3.05) is 19.8 Å². The highest BCUT2D eigenvalue weighted by molar-refractivity contribution is 7.09. The fourth-order valence-electron chi connectivity index (χ4n) is 3.12. The first-order valence-electron chi connectivity index (χ1n) is 7.68. The summed E-state index contributed by atoms with van der Waals surface area (Å²) in [4.78, 5) is 4.62. The Morgan fingerprint density at radius 3 is 3.00 bits per heavy atom. The van der Waals surface area contributed by atoms with E-state index in [1.807, 2.05) is 0 Å². The third-order valence-corrected chi connectivity index (χ3v) is 5.30. The van der Waals surface area contributed by atoms with Crippen molar-refractivity contribution in [3.63, 3.8) is 0 Å². The summed E-state index contributed by atoms with van der Waals surface area (Å²) in [5.74, 6) is 0. The summed E-state index contributed by atoms with van der Waals surface area (Å²) >= 11 is 1.76. The molecule has 1 unspecified atom stereocenters. The van der Waals surface area contributed by atoms with Crippen LogP contribution in [0, 0.1) is 0 Å². The van der Waals surface area contributed by atoms with Gasteiger partial charge in [0.1, 0.15) is 5.01 Å². The molecule has 3 rings (SSSR count). The first kappa shape index (κ1) is 14.4. The van der Waals surface area contributed by atoms with Crippen LogP contribution in [0.3, 0.4) is 0 Å². The third-order valence-electron chi connectivity index (χ3n) is 4.40. The molecule has 0 saturated carbocycles. The molecule has 1 aromatic heterocycles. The van der Waals surface area contributed by atoms with Crippen molar-refractivity contribution >= 4 is 11.3 Å². The number of hydrogen-bond acceptors (Lipinski definition) is 5. The molecular formula is C15H24N2O2S. The summed E-state index contributed by atoms with van der Waals surface area (Å²) < 4.78 is 11.5. The van der Waals surface area contributed by atoms with Crippen molar-refractivity contribution in [1.82, 2.24) is 10.3 Å². The second kappa shape index (κ2) is 6.52. The van der Waals surface area contributed by atoms with Gasteiger partial charge < -0.3 is 14.8 Å². The lowest BCUT2D eigenvalue weighted by atomic mass is 9.84. The van der Waals surface area contributed by atoms with Gasteiger partial charge in [-0.25, -0.2) is 4.98 Å². The summed E-state index contributed by atoms with van der Waals surface area (Å²) in [6, 6.07) is 0.552. The summed E-state index contributed by atoms with van der Waals surface area (Å²) in [7, 11) is 0. The molecule has 0 aromatic carbocycles. The Labute approximate surface area is 124 Å². The number of aryl methyl sites for hydroxylation is 1. The van der Waals surface area contributed by atoms with Crippen LogP contribution in [0.25, 0.3) is 0 Å². The van der Waals surface area contributed by atoms with Crippen LogP contribution in [-0.4, -0.2) is 36.4 Å². The van der Waals surface area contributed by atoms with Crippen molar-refractivity contribution in [3.8, 4) is 0 Å². The minimum absolute atomic E-state index is 0.0750. The molecule has 20 heavy (non-hydrogen) atoms. The van der Waals surface area contributed by atoms with Crippen LogP contribution in [0.15, 0.2) is 5.38 Å². The highest BCUT2D eigenvalue weighted by Crippen LogP contribution is 2.34. The first-order chi connectivity index (χ1) is 9.80. The molecule has 0 aliphatic carbocycles. The second-order valence-corrected chi connectivity index (χ2v) is 6.74. The van der Waals surface area contributed by atoms with E-state index in [9.17, 15) is 0 Å². The Morgan fingerprint density at radius 1 is 1.40 bits per heavy atom. The third kappa shape index (κ3) is 3.39. The molecule has 0 amide bonds. The van der Waals surface area contributed by atoms with Crippen LogP contribution in [0.5, 0.6) is 0 Å². The van der Waals surface area contributed by atoms with Crippen molar-refractivity contribution in [2.24, 2.45) is 0 Å². The first-order valence-corrected chi connectivity index (χ1v) is 8.56. The van der Waals surface area contributed by atoms with Crippen molar-refractivity contribution in [2.45, 2.75) is 57.2 Å². The molecule has 5 heteroatoms. The van der Waals surface area contributed by atoms with Gasteiger partial charge in [-0.05, 0) is 32.1 Å². The predicted octanol–water partition coefficient (Wildman–Crippen LogP) is 2.52. The zero-order valence-electron chi connectivity index (χ0n) is 12.2. The van der Waals surface area contributed by atoms with Gasteiger partial charge in [-0.2, -0.15) is 0 Å². The molecular weight excluding hydrogens is 272 g/mol. The normalized spacial score (nSPS) is 25.9. The Kier molecular flexibility index (Phi) is 4.71. The largest absolute Gasteiger partial charge is 0.381 e. The van der Waals surface area contributed by atoms with E-state index >= 15 is 0 Å². The van der Waals surface area contributed by atoms with Crippen LogP contribution in [0.2, 0.25) is 0 Å². The lowest BCUT2D eigenvalue weighted by molar-refractivity contribution is -0.140. The van der Waals surface area contributed by atoms with Gasteiger partial charge >= 0.3 is 0 Å². The minimum Gasteiger partial charge on any atom is -0.381 e. The van der Waals surface area contributed by atoms with E-state index < -0.39 is 0 Å². The molecule has 2 aliphatic heterocycles. The fraction of sp³-hybridized carbons (Fsp3) is 0.800. The maximum atomic E-state index is 6.08. The Morgan fingerprint density at radius 2 is 2.25 bits per heavy atom. The smallest absolute Gasteiger partial charge is 0.107 e. The zero-order valence-corrected chi connectivity index (χ0v) is 13.0. The van der Waals surface area contributed by atoms with Gasteiger partial charge in [0.15, 0.2) is 0 Å². The number of rotatable bonds is 4. The second-order valence-electron chi connectivity index (χ2n) is 5.80. The SMILES string of the molecule is CCc1csc(CNC2CCOC3(CCOCC3)C2)n1. The van der Waals surface area contributed by atoms with Crippen LogP contribution in [-0.2, 0) is 22.4 Å².